The summed E-state index contributed by atoms with van der Waals surface area (Å²) in [6, 6.07) is 0. The van der Waals surface area contributed by atoms with Crippen molar-refractivity contribution in [1.29, 1.82) is 0 Å². The van der Waals surface area contributed by atoms with Crippen molar-refractivity contribution in [3.63, 3.8) is 0 Å². The van der Waals surface area contributed by atoms with Gasteiger partial charge in [0.25, 0.3) is 0 Å². The van der Waals surface area contributed by atoms with Gasteiger partial charge in [0, 0.05) is 13.0 Å². The van der Waals surface area contributed by atoms with E-state index < -0.39 is 6.17 Å². The molecule has 0 aromatic rings. The summed E-state index contributed by atoms with van der Waals surface area (Å²) in [5.74, 6) is 0.132. The maximum atomic E-state index is 12.8. The van der Waals surface area contributed by atoms with Gasteiger partial charge < -0.3 is 4.84 Å². The van der Waals surface area contributed by atoms with E-state index in [9.17, 15) is 4.39 Å². The Balaban J connectivity index is 2.14. The summed E-state index contributed by atoms with van der Waals surface area (Å²) in [6.45, 7) is 0.512. The second-order valence-electron chi connectivity index (χ2n) is 2.72. The molecule has 0 spiro atoms. The number of hydrogen-bond acceptors (Lipinski definition) is 2. The molecule has 0 saturated heterocycles. The minimum absolute atomic E-state index is 0.132. The lowest BCUT2D eigenvalue weighted by Gasteiger charge is -2.10. The van der Waals surface area contributed by atoms with Crippen LogP contribution >= 0.6 is 0 Å². The van der Waals surface area contributed by atoms with E-state index in [1.165, 1.54) is 0 Å². The fraction of sp³-hybridized carbons (Fsp3) is 1.00. The van der Waals surface area contributed by atoms with Crippen LogP contribution in [0.5, 0.6) is 0 Å². The Morgan fingerprint density at radius 1 is 1.60 bits per heavy atom. The van der Waals surface area contributed by atoms with Crippen LogP contribution < -0.4 is 5.48 Å². The first-order chi connectivity index (χ1) is 4.84. The second-order valence-corrected chi connectivity index (χ2v) is 2.72. The molecule has 60 valence electrons. The van der Waals surface area contributed by atoms with Gasteiger partial charge >= 0.3 is 0 Å². The Kier molecular flexibility index (Phi) is 3.09. The van der Waals surface area contributed by atoms with Crippen LogP contribution in [0.15, 0.2) is 0 Å². The number of halogens is 1. The first-order valence-electron chi connectivity index (χ1n) is 3.77. The number of hydroxylamine groups is 1. The molecule has 1 N–H and O–H groups in total. The summed E-state index contributed by atoms with van der Waals surface area (Å²) < 4.78 is 12.8. The zero-order valence-corrected chi connectivity index (χ0v) is 6.27. The van der Waals surface area contributed by atoms with Gasteiger partial charge in [0.05, 0.1) is 6.61 Å². The maximum absolute atomic E-state index is 12.8. The molecule has 0 aromatic carbocycles. The number of rotatable bonds is 3. The molecule has 10 heavy (non-hydrogen) atoms. The minimum Gasteiger partial charge on any atom is -0.302 e. The Morgan fingerprint density at radius 2 is 2.40 bits per heavy atom. The van der Waals surface area contributed by atoms with Crippen LogP contribution in [-0.4, -0.2) is 19.8 Å². The van der Waals surface area contributed by atoms with E-state index in [1.807, 2.05) is 0 Å². The number of nitrogens with one attached hydrogen (secondary N) is 1. The Morgan fingerprint density at radius 3 is 2.90 bits per heavy atom. The highest BCUT2D eigenvalue weighted by Gasteiger charge is 2.26. The third-order valence-electron chi connectivity index (χ3n) is 2.01. The lowest BCUT2D eigenvalue weighted by molar-refractivity contribution is 0.0175. The molecule has 0 bridgehead atoms. The van der Waals surface area contributed by atoms with E-state index in [2.05, 4.69) is 5.48 Å². The standard InChI is InChI=1S/C7H14FNO/c1-9-10-5-6-3-2-4-7(6)8/h6-7,9H,2-5H2,1H3/t6-,7?/m0/s1. The SMILES string of the molecule is CNOC[C@@H]1CCCC1F. The predicted molar refractivity (Wildman–Crippen MR) is 37.2 cm³/mol. The molecule has 0 aliphatic heterocycles. The zero-order valence-electron chi connectivity index (χ0n) is 6.27. The van der Waals surface area contributed by atoms with E-state index in [-0.39, 0.29) is 5.92 Å². The summed E-state index contributed by atoms with van der Waals surface area (Å²) in [6.07, 6.45) is 2.08. The van der Waals surface area contributed by atoms with Crippen molar-refractivity contribution >= 4 is 0 Å². The highest BCUT2D eigenvalue weighted by molar-refractivity contribution is 4.76. The van der Waals surface area contributed by atoms with Gasteiger partial charge in [0.2, 0.25) is 0 Å². The molecule has 1 fully saturated rings. The molecular formula is C7H14FNO. The van der Waals surface area contributed by atoms with E-state index in [1.54, 1.807) is 7.05 Å². The van der Waals surface area contributed by atoms with Crippen LogP contribution in [0.25, 0.3) is 0 Å². The molecular weight excluding hydrogens is 133 g/mol. The zero-order chi connectivity index (χ0) is 7.40. The molecule has 1 unspecified atom stereocenters. The van der Waals surface area contributed by atoms with Crippen LogP contribution in [0.4, 0.5) is 4.39 Å². The van der Waals surface area contributed by atoms with Crippen molar-refractivity contribution in [3.8, 4) is 0 Å². The molecule has 0 heterocycles. The normalized spacial score (nSPS) is 33.0. The highest BCUT2D eigenvalue weighted by atomic mass is 19.1. The van der Waals surface area contributed by atoms with E-state index in [4.69, 9.17) is 4.84 Å². The summed E-state index contributed by atoms with van der Waals surface area (Å²) in [4.78, 5) is 4.90. The summed E-state index contributed by atoms with van der Waals surface area (Å²) >= 11 is 0. The quantitative estimate of drug-likeness (QED) is 0.607. The van der Waals surface area contributed by atoms with Crippen molar-refractivity contribution < 1.29 is 9.23 Å². The average molecular weight is 147 g/mol. The van der Waals surface area contributed by atoms with Crippen molar-refractivity contribution in [2.75, 3.05) is 13.7 Å². The number of hydrogen-bond donors (Lipinski definition) is 1. The molecule has 3 heteroatoms. The van der Waals surface area contributed by atoms with Crippen LogP contribution in [0.1, 0.15) is 19.3 Å². The fourth-order valence-corrected chi connectivity index (χ4v) is 1.37. The van der Waals surface area contributed by atoms with E-state index in [0.29, 0.717) is 6.61 Å². The topological polar surface area (TPSA) is 21.3 Å². The first kappa shape index (κ1) is 7.95. The molecule has 1 aliphatic carbocycles. The van der Waals surface area contributed by atoms with Gasteiger partial charge in [-0.3, -0.25) is 0 Å². The van der Waals surface area contributed by atoms with Gasteiger partial charge in [-0.2, -0.15) is 0 Å². The summed E-state index contributed by atoms with van der Waals surface area (Å²) in [5.41, 5.74) is 2.55. The largest absolute Gasteiger partial charge is 0.302 e. The highest BCUT2D eigenvalue weighted by Crippen LogP contribution is 2.27. The average Bonchev–Trinajstić information content (AvgIpc) is 2.31. The van der Waals surface area contributed by atoms with Gasteiger partial charge in [0.1, 0.15) is 6.17 Å². The molecule has 2 atom stereocenters. The van der Waals surface area contributed by atoms with Gasteiger partial charge in [-0.05, 0) is 12.8 Å². The molecule has 0 radical (unpaired) electrons. The molecule has 1 aliphatic rings. The molecule has 1 saturated carbocycles. The fourth-order valence-electron chi connectivity index (χ4n) is 1.37. The molecule has 0 aromatic heterocycles. The van der Waals surface area contributed by atoms with Crippen LogP contribution in [0, 0.1) is 5.92 Å². The van der Waals surface area contributed by atoms with Gasteiger partial charge in [-0.25, -0.2) is 9.87 Å². The van der Waals surface area contributed by atoms with Crippen LogP contribution in [0.3, 0.4) is 0 Å². The van der Waals surface area contributed by atoms with Crippen molar-refractivity contribution in [2.24, 2.45) is 5.92 Å². The molecule has 2 nitrogen and oxygen atoms in total. The van der Waals surface area contributed by atoms with Gasteiger partial charge in [-0.1, -0.05) is 6.42 Å². The Hall–Kier alpha value is -0.150. The summed E-state index contributed by atoms with van der Waals surface area (Å²) in [7, 11) is 1.70. The molecule has 0 amide bonds. The maximum Gasteiger partial charge on any atom is 0.105 e. The smallest absolute Gasteiger partial charge is 0.105 e. The first-order valence-corrected chi connectivity index (χ1v) is 3.77. The van der Waals surface area contributed by atoms with E-state index >= 15 is 0 Å². The summed E-state index contributed by atoms with van der Waals surface area (Å²) in [5, 5.41) is 0. The third-order valence-corrected chi connectivity index (χ3v) is 2.01. The Labute approximate surface area is 60.7 Å². The van der Waals surface area contributed by atoms with Gasteiger partial charge in [0.15, 0.2) is 0 Å². The number of alkyl halides is 1. The van der Waals surface area contributed by atoms with Gasteiger partial charge in [-0.15, -0.1) is 0 Å². The second kappa shape index (κ2) is 3.88. The monoisotopic (exact) mass is 147 g/mol. The van der Waals surface area contributed by atoms with Crippen molar-refractivity contribution in [1.82, 2.24) is 5.48 Å². The predicted octanol–water partition coefficient (Wildman–Crippen LogP) is 1.28. The van der Waals surface area contributed by atoms with Crippen LogP contribution in [-0.2, 0) is 4.84 Å². The molecule has 1 rings (SSSR count). The minimum atomic E-state index is -0.631. The Bertz CT molecular complexity index is 99.6. The van der Waals surface area contributed by atoms with Crippen molar-refractivity contribution in [3.05, 3.63) is 0 Å². The lowest BCUT2D eigenvalue weighted by Crippen LogP contribution is -2.19. The third kappa shape index (κ3) is 1.92. The van der Waals surface area contributed by atoms with E-state index in [0.717, 1.165) is 19.3 Å². The van der Waals surface area contributed by atoms with Crippen molar-refractivity contribution in [2.45, 2.75) is 25.4 Å². The lowest BCUT2D eigenvalue weighted by atomic mass is 10.1. The van der Waals surface area contributed by atoms with Crippen LogP contribution in [0.2, 0.25) is 0 Å².